The number of benzene rings is 1. The van der Waals surface area contributed by atoms with Crippen LogP contribution in [-0.4, -0.2) is 59.3 Å². The van der Waals surface area contributed by atoms with E-state index in [4.69, 9.17) is 23.2 Å². The van der Waals surface area contributed by atoms with Gasteiger partial charge in [-0.3, -0.25) is 4.90 Å². The fraction of sp³-hybridized carbons (Fsp3) is 0.571. The van der Waals surface area contributed by atoms with Gasteiger partial charge in [0.1, 0.15) is 5.75 Å². The maximum absolute atomic E-state index is 9.70. The first-order valence-electron chi connectivity index (χ1n) is 6.61. The van der Waals surface area contributed by atoms with Crippen LogP contribution < -0.4 is 0 Å². The standard InChI is InChI=1S/C14H20Cl2N2O2/c1-17(2)9-5-10(8-19)18(6-9)7-11-12(15)3-4-13(20)14(11)16/h3-4,9-10,19-20H,5-8H2,1-2H3/t9-,10+/m1/s1. The Balaban J connectivity index is 2.19. The Kier molecular flexibility index (Phi) is 5.15. The highest BCUT2D eigenvalue weighted by molar-refractivity contribution is 6.36. The lowest BCUT2D eigenvalue weighted by atomic mass is 10.1. The number of hydrogen-bond acceptors (Lipinski definition) is 4. The van der Waals surface area contributed by atoms with Crippen molar-refractivity contribution in [1.29, 1.82) is 0 Å². The highest BCUT2D eigenvalue weighted by Crippen LogP contribution is 2.35. The molecule has 1 fully saturated rings. The Bertz CT molecular complexity index is 482. The van der Waals surface area contributed by atoms with E-state index in [1.807, 2.05) is 14.1 Å². The van der Waals surface area contributed by atoms with Gasteiger partial charge in [0.25, 0.3) is 0 Å². The molecule has 2 atom stereocenters. The van der Waals surface area contributed by atoms with Crippen LogP contribution in [0.3, 0.4) is 0 Å². The van der Waals surface area contributed by atoms with Gasteiger partial charge in [0.15, 0.2) is 0 Å². The molecule has 20 heavy (non-hydrogen) atoms. The molecule has 0 spiro atoms. The second-order valence-corrected chi connectivity index (χ2v) is 6.26. The summed E-state index contributed by atoms with van der Waals surface area (Å²) in [5.74, 6) is 0.0370. The molecule has 4 nitrogen and oxygen atoms in total. The summed E-state index contributed by atoms with van der Waals surface area (Å²) in [6, 6.07) is 3.63. The zero-order valence-electron chi connectivity index (χ0n) is 11.7. The zero-order chi connectivity index (χ0) is 14.9. The molecule has 1 aromatic carbocycles. The van der Waals surface area contributed by atoms with Crippen LogP contribution in [0.5, 0.6) is 5.75 Å². The first-order valence-corrected chi connectivity index (χ1v) is 7.36. The maximum Gasteiger partial charge on any atom is 0.134 e. The molecule has 6 heteroatoms. The van der Waals surface area contributed by atoms with E-state index in [9.17, 15) is 10.2 Å². The maximum atomic E-state index is 9.70. The van der Waals surface area contributed by atoms with Gasteiger partial charge in [-0.05, 0) is 32.6 Å². The molecule has 1 aliphatic heterocycles. The van der Waals surface area contributed by atoms with E-state index in [1.165, 1.54) is 6.07 Å². The molecule has 1 aromatic rings. The number of aliphatic hydroxyl groups excluding tert-OH is 1. The predicted molar refractivity (Wildman–Crippen MR) is 81.5 cm³/mol. The summed E-state index contributed by atoms with van der Waals surface area (Å²) in [5.41, 5.74) is 0.714. The molecule has 2 rings (SSSR count). The van der Waals surface area contributed by atoms with E-state index in [0.29, 0.717) is 28.2 Å². The minimum absolute atomic E-state index is 0.0370. The molecule has 0 aliphatic carbocycles. The van der Waals surface area contributed by atoms with Crippen molar-refractivity contribution in [3.8, 4) is 5.75 Å². The van der Waals surface area contributed by atoms with Gasteiger partial charge in [-0.25, -0.2) is 0 Å². The van der Waals surface area contributed by atoms with Crippen molar-refractivity contribution < 1.29 is 10.2 Å². The fourth-order valence-corrected chi connectivity index (χ4v) is 3.14. The molecule has 112 valence electrons. The number of likely N-dealkylation sites (tertiary alicyclic amines) is 1. The molecule has 2 N–H and O–H groups in total. The number of aromatic hydroxyl groups is 1. The summed E-state index contributed by atoms with van der Waals surface area (Å²) in [7, 11) is 4.08. The van der Waals surface area contributed by atoms with Gasteiger partial charge in [0, 0.05) is 35.8 Å². The van der Waals surface area contributed by atoms with Crippen molar-refractivity contribution in [3.05, 3.63) is 27.7 Å². The number of nitrogens with zero attached hydrogens (tertiary/aromatic N) is 2. The Hall–Kier alpha value is -0.520. The van der Waals surface area contributed by atoms with E-state index in [-0.39, 0.29) is 18.4 Å². The van der Waals surface area contributed by atoms with Gasteiger partial charge in [-0.15, -0.1) is 0 Å². The topological polar surface area (TPSA) is 46.9 Å². The number of phenolic OH excluding ortho intramolecular Hbond substituents is 1. The summed E-state index contributed by atoms with van der Waals surface area (Å²) in [6.45, 7) is 1.49. The van der Waals surface area contributed by atoms with E-state index in [2.05, 4.69) is 9.80 Å². The average molecular weight is 319 g/mol. The number of phenols is 1. The van der Waals surface area contributed by atoms with Crippen LogP contribution in [0.2, 0.25) is 10.0 Å². The lowest BCUT2D eigenvalue weighted by molar-refractivity contribution is 0.153. The van der Waals surface area contributed by atoms with Crippen molar-refractivity contribution in [1.82, 2.24) is 9.80 Å². The third kappa shape index (κ3) is 3.21. The van der Waals surface area contributed by atoms with Crippen molar-refractivity contribution in [2.45, 2.75) is 25.0 Å². The zero-order valence-corrected chi connectivity index (χ0v) is 13.2. The monoisotopic (exact) mass is 318 g/mol. The number of halogens is 2. The highest BCUT2D eigenvalue weighted by atomic mass is 35.5. The lowest BCUT2D eigenvalue weighted by Crippen LogP contribution is -2.33. The van der Waals surface area contributed by atoms with E-state index in [1.54, 1.807) is 6.07 Å². The second kappa shape index (κ2) is 6.50. The molecule has 0 amide bonds. The Morgan fingerprint density at radius 3 is 2.65 bits per heavy atom. The molecule has 1 aliphatic rings. The molecule has 1 heterocycles. The van der Waals surface area contributed by atoms with Crippen LogP contribution in [0, 0.1) is 0 Å². The minimum atomic E-state index is 0.0370. The van der Waals surface area contributed by atoms with Crippen LogP contribution in [0.25, 0.3) is 0 Å². The van der Waals surface area contributed by atoms with Crippen LogP contribution in [0.4, 0.5) is 0 Å². The Morgan fingerprint density at radius 2 is 2.05 bits per heavy atom. The minimum Gasteiger partial charge on any atom is -0.506 e. The first kappa shape index (κ1) is 15.9. The first-order chi connectivity index (χ1) is 9.43. The Labute approximate surface area is 129 Å². The summed E-state index contributed by atoms with van der Waals surface area (Å²) in [5, 5.41) is 20.1. The summed E-state index contributed by atoms with van der Waals surface area (Å²) < 4.78 is 0. The molecular weight excluding hydrogens is 299 g/mol. The third-order valence-corrected chi connectivity index (χ3v) is 4.75. The van der Waals surface area contributed by atoms with E-state index in [0.717, 1.165) is 13.0 Å². The number of rotatable bonds is 4. The predicted octanol–water partition coefficient (Wildman–Crippen LogP) is 2.20. The fourth-order valence-electron chi connectivity index (χ4n) is 2.65. The van der Waals surface area contributed by atoms with Crippen molar-refractivity contribution in [2.75, 3.05) is 27.2 Å². The van der Waals surface area contributed by atoms with E-state index >= 15 is 0 Å². The van der Waals surface area contributed by atoms with E-state index < -0.39 is 0 Å². The summed E-state index contributed by atoms with van der Waals surface area (Å²) >= 11 is 12.3. The van der Waals surface area contributed by atoms with Crippen LogP contribution in [0.1, 0.15) is 12.0 Å². The Morgan fingerprint density at radius 1 is 1.35 bits per heavy atom. The number of likely N-dealkylation sites (N-methyl/N-ethyl adjacent to an activating group) is 1. The highest BCUT2D eigenvalue weighted by Gasteiger charge is 2.33. The molecule has 0 aromatic heterocycles. The van der Waals surface area contributed by atoms with Gasteiger partial charge >= 0.3 is 0 Å². The molecule has 0 saturated carbocycles. The van der Waals surface area contributed by atoms with Crippen molar-refractivity contribution in [3.63, 3.8) is 0 Å². The quantitative estimate of drug-likeness (QED) is 0.893. The van der Waals surface area contributed by atoms with Gasteiger partial charge < -0.3 is 15.1 Å². The number of hydrogen-bond donors (Lipinski definition) is 2. The van der Waals surface area contributed by atoms with Gasteiger partial charge in [0.2, 0.25) is 0 Å². The molecular formula is C14H20Cl2N2O2. The largest absolute Gasteiger partial charge is 0.506 e. The summed E-state index contributed by atoms with van der Waals surface area (Å²) in [6.07, 6.45) is 0.914. The summed E-state index contributed by atoms with van der Waals surface area (Å²) in [4.78, 5) is 4.32. The smallest absolute Gasteiger partial charge is 0.134 e. The molecule has 0 radical (unpaired) electrons. The lowest BCUT2D eigenvalue weighted by Gasteiger charge is -2.24. The van der Waals surface area contributed by atoms with Crippen LogP contribution >= 0.6 is 23.2 Å². The third-order valence-electron chi connectivity index (χ3n) is 3.97. The number of aliphatic hydroxyl groups is 1. The molecule has 0 unspecified atom stereocenters. The van der Waals surface area contributed by atoms with Crippen LogP contribution in [-0.2, 0) is 6.54 Å². The van der Waals surface area contributed by atoms with Crippen molar-refractivity contribution >= 4 is 23.2 Å². The van der Waals surface area contributed by atoms with Gasteiger partial charge in [-0.2, -0.15) is 0 Å². The molecule has 0 bridgehead atoms. The SMILES string of the molecule is CN(C)[C@@H]1C[C@@H](CO)N(Cc2c(Cl)ccc(O)c2Cl)C1. The van der Waals surface area contributed by atoms with Gasteiger partial charge in [0.05, 0.1) is 11.6 Å². The average Bonchev–Trinajstić information content (AvgIpc) is 2.82. The van der Waals surface area contributed by atoms with Crippen LogP contribution in [0.15, 0.2) is 12.1 Å². The second-order valence-electron chi connectivity index (χ2n) is 5.48. The normalized spacial score (nSPS) is 23.7. The molecule has 1 saturated heterocycles. The van der Waals surface area contributed by atoms with Gasteiger partial charge in [-0.1, -0.05) is 23.2 Å². The van der Waals surface area contributed by atoms with Crippen molar-refractivity contribution in [2.24, 2.45) is 0 Å².